The molecule has 0 saturated heterocycles. The Morgan fingerprint density at radius 1 is 1.26 bits per heavy atom. The van der Waals surface area contributed by atoms with E-state index < -0.39 is 30.6 Å². The van der Waals surface area contributed by atoms with Crippen molar-refractivity contribution in [3.8, 4) is 0 Å². The highest BCUT2D eigenvalue weighted by atomic mass is 16.6. The minimum absolute atomic E-state index is 0.0607. The van der Waals surface area contributed by atoms with Crippen molar-refractivity contribution >= 4 is 28.5 Å². The molecule has 1 aromatic heterocycles. The summed E-state index contributed by atoms with van der Waals surface area (Å²) < 4.78 is 31.7. The predicted octanol–water partition coefficient (Wildman–Crippen LogP) is 4.16. The molecule has 2 aromatic rings. The van der Waals surface area contributed by atoms with Crippen LogP contribution in [0.15, 0.2) is 30.5 Å². The van der Waals surface area contributed by atoms with Crippen molar-refractivity contribution in [1.82, 2.24) is 14.4 Å². The largest absolute Gasteiger partial charge is 0.443 e. The van der Waals surface area contributed by atoms with Gasteiger partial charge in [0, 0.05) is 41.4 Å². The first-order valence-corrected chi connectivity index (χ1v) is 11.0. The van der Waals surface area contributed by atoms with Crippen LogP contribution in [-0.2, 0) is 16.0 Å². The maximum Gasteiger partial charge on any atom is 0.419 e. The van der Waals surface area contributed by atoms with E-state index in [1.54, 1.807) is 11.1 Å². The number of hydrogen-bond donors (Lipinski definition) is 0. The van der Waals surface area contributed by atoms with Gasteiger partial charge >= 0.3 is 6.09 Å². The van der Waals surface area contributed by atoms with E-state index in [0.717, 1.165) is 27.6 Å². The Balaban J connectivity index is 1.85. The Labute approximate surface area is 188 Å². The number of fused-ring (bicyclic) bond motifs is 2. The smallest absolute Gasteiger partial charge is 0.419 e. The van der Waals surface area contributed by atoms with Gasteiger partial charge in [-0.25, -0.2) is 4.79 Å². The third kappa shape index (κ3) is 3.78. The van der Waals surface area contributed by atoms with Crippen molar-refractivity contribution in [3.63, 3.8) is 0 Å². The first-order valence-electron chi connectivity index (χ1n) is 12.5. The Morgan fingerprint density at radius 2 is 2.00 bits per heavy atom. The molecule has 0 N–H and O–H groups in total. The Hall–Kier alpha value is -2.60. The summed E-state index contributed by atoms with van der Waals surface area (Å²) >= 11 is 0. The quantitative estimate of drug-likeness (QED) is 0.739. The van der Waals surface area contributed by atoms with Crippen LogP contribution in [0.1, 0.15) is 49.9 Å². The lowest BCUT2D eigenvalue weighted by molar-refractivity contribution is -0.134. The number of likely N-dealkylation sites (N-methyl/N-ethyl adjacent to an activating group) is 1. The fourth-order valence-corrected chi connectivity index (χ4v) is 4.73. The maximum absolute atomic E-state index is 13.2. The highest BCUT2D eigenvalue weighted by molar-refractivity contribution is 6.02. The van der Waals surface area contributed by atoms with Crippen molar-refractivity contribution in [3.05, 3.63) is 41.6 Å². The van der Waals surface area contributed by atoms with E-state index in [1.807, 2.05) is 58.9 Å². The van der Waals surface area contributed by atoms with Crippen LogP contribution >= 0.6 is 0 Å². The molecule has 0 fully saturated rings. The van der Waals surface area contributed by atoms with Crippen molar-refractivity contribution in [2.24, 2.45) is 5.92 Å². The topological polar surface area (TPSA) is 54.8 Å². The SMILES string of the molecule is [2H]C([2H])([2H])N1C[C@H](C(=O)N(CC)CC)C=C2c3cccc4c3c(cn4C(=O)OC(C)(C)C)C[C@H]21. The second-order valence-electron chi connectivity index (χ2n) is 9.32. The van der Waals surface area contributed by atoms with Crippen LogP contribution in [0, 0.1) is 5.92 Å². The van der Waals surface area contributed by atoms with Gasteiger partial charge in [-0.05, 0) is 70.8 Å². The molecular formula is C25H33N3O3. The Bertz CT molecular complexity index is 1160. The second kappa shape index (κ2) is 7.83. The molecule has 0 spiro atoms. The molecule has 0 radical (unpaired) electrons. The number of benzene rings is 1. The molecule has 0 bridgehead atoms. The normalized spacial score (nSPS) is 22.7. The minimum Gasteiger partial charge on any atom is -0.443 e. The molecule has 1 aromatic carbocycles. The fourth-order valence-electron chi connectivity index (χ4n) is 4.73. The number of ether oxygens (including phenoxy) is 1. The van der Waals surface area contributed by atoms with E-state index in [2.05, 4.69) is 0 Å². The molecule has 6 nitrogen and oxygen atoms in total. The van der Waals surface area contributed by atoms with E-state index in [1.165, 1.54) is 9.47 Å². The molecule has 1 aliphatic heterocycles. The molecule has 2 heterocycles. The third-order valence-electron chi connectivity index (χ3n) is 6.12. The van der Waals surface area contributed by atoms with Gasteiger partial charge in [-0.15, -0.1) is 0 Å². The molecule has 2 aliphatic rings. The van der Waals surface area contributed by atoms with E-state index in [-0.39, 0.29) is 12.5 Å². The molecule has 0 unspecified atom stereocenters. The number of nitrogens with zero attached hydrogens (tertiary/aromatic N) is 3. The van der Waals surface area contributed by atoms with Gasteiger partial charge in [-0.2, -0.15) is 0 Å². The summed E-state index contributed by atoms with van der Waals surface area (Å²) in [7, 11) is 0. The van der Waals surface area contributed by atoms with Crippen LogP contribution in [-0.4, -0.2) is 64.6 Å². The van der Waals surface area contributed by atoms with E-state index in [4.69, 9.17) is 8.85 Å². The molecule has 1 aliphatic carbocycles. The van der Waals surface area contributed by atoms with Gasteiger partial charge in [0.1, 0.15) is 5.60 Å². The number of carbonyl (C=O) groups is 2. The van der Waals surface area contributed by atoms with Gasteiger partial charge < -0.3 is 9.64 Å². The van der Waals surface area contributed by atoms with Crippen LogP contribution in [0.2, 0.25) is 0 Å². The van der Waals surface area contributed by atoms with Crippen molar-refractivity contribution in [2.45, 2.75) is 52.7 Å². The number of aromatic nitrogens is 1. The van der Waals surface area contributed by atoms with Crippen LogP contribution in [0.25, 0.3) is 16.5 Å². The Kier molecular flexibility index (Phi) is 4.55. The lowest BCUT2D eigenvalue weighted by Gasteiger charge is -2.40. The van der Waals surface area contributed by atoms with Crippen LogP contribution in [0.4, 0.5) is 4.79 Å². The standard InChI is InChI=1S/C25H33N3O3/c1-7-27(8-2)23(29)17-12-19-18-10-9-11-20-22(18)16(13-21(19)26(6)14-17)15-28(20)24(30)31-25(3,4)5/h9-12,15,17,21H,7-8,13-14H2,1-6H3/t17-,21-/m1/s1/i6D3. The van der Waals surface area contributed by atoms with Gasteiger partial charge in [0.05, 0.1) is 11.4 Å². The number of carbonyl (C=O) groups excluding carboxylic acids is 2. The van der Waals surface area contributed by atoms with Gasteiger partial charge in [0.2, 0.25) is 5.91 Å². The molecule has 31 heavy (non-hydrogen) atoms. The van der Waals surface area contributed by atoms with Crippen molar-refractivity contribution < 1.29 is 18.4 Å². The fraction of sp³-hybridized carbons (Fsp3) is 0.520. The number of rotatable bonds is 3. The van der Waals surface area contributed by atoms with Crippen LogP contribution < -0.4 is 0 Å². The molecular weight excluding hydrogens is 390 g/mol. The molecule has 166 valence electrons. The zero-order valence-corrected chi connectivity index (χ0v) is 18.9. The third-order valence-corrected chi connectivity index (χ3v) is 6.12. The number of amides is 1. The Morgan fingerprint density at radius 3 is 2.65 bits per heavy atom. The summed E-state index contributed by atoms with van der Waals surface area (Å²) in [4.78, 5) is 29.4. The first-order chi connectivity index (χ1) is 15.9. The molecule has 1 amide bonds. The maximum atomic E-state index is 13.2. The number of hydrogen-bond acceptors (Lipinski definition) is 4. The lowest BCUT2D eigenvalue weighted by Crippen LogP contribution is -2.47. The highest BCUT2D eigenvalue weighted by Crippen LogP contribution is 2.42. The van der Waals surface area contributed by atoms with E-state index >= 15 is 0 Å². The first kappa shape index (κ1) is 18.0. The highest BCUT2D eigenvalue weighted by Gasteiger charge is 2.37. The molecule has 0 saturated carbocycles. The zero-order chi connectivity index (χ0) is 25.0. The summed E-state index contributed by atoms with van der Waals surface area (Å²) in [5.41, 5.74) is 2.70. The molecule has 6 heteroatoms. The van der Waals surface area contributed by atoms with Gasteiger partial charge in [-0.1, -0.05) is 18.2 Å². The predicted molar refractivity (Wildman–Crippen MR) is 123 cm³/mol. The van der Waals surface area contributed by atoms with Gasteiger partial charge in [-0.3, -0.25) is 14.3 Å². The summed E-state index contributed by atoms with van der Waals surface area (Å²) in [6, 6.07) is 5.28. The average Bonchev–Trinajstić information content (AvgIpc) is 3.12. The summed E-state index contributed by atoms with van der Waals surface area (Å²) in [6.07, 6.45) is 3.70. The molecule has 2 atom stereocenters. The summed E-state index contributed by atoms with van der Waals surface area (Å²) in [5, 5.41) is 0.914. The lowest BCUT2D eigenvalue weighted by atomic mass is 9.79. The monoisotopic (exact) mass is 426 g/mol. The van der Waals surface area contributed by atoms with Gasteiger partial charge in [0.25, 0.3) is 0 Å². The zero-order valence-electron chi connectivity index (χ0n) is 21.9. The minimum atomic E-state index is -2.36. The summed E-state index contributed by atoms with van der Waals surface area (Å²) in [6.45, 7) is 8.24. The second-order valence-corrected chi connectivity index (χ2v) is 9.32. The van der Waals surface area contributed by atoms with E-state index in [9.17, 15) is 9.59 Å². The van der Waals surface area contributed by atoms with Crippen molar-refractivity contribution in [2.75, 3.05) is 26.6 Å². The summed E-state index contributed by atoms with van der Waals surface area (Å²) in [5.74, 6) is -0.606. The van der Waals surface area contributed by atoms with Crippen LogP contribution in [0.5, 0.6) is 0 Å². The molecule has 4 rings (SSSR count). The van der Waals surface area contributed by atoms with Gasteiger partial charge in [0.15, 0.2) is 0 Å². The van der Waals surface area contributed by atoms with E-state index in [0.29, 0.717) is 19.5 Å². The average molecular weight is 427 g/mol. The van der Waals surface area contributed by atoms with Crippen LogP contribution in [0.3, 0.4) is 0 Å². The van der Waals surface area contributed by atoms with Crippen molar-refractivity contribution in [1.29, 1.82) is 0 Å².